The molecule has 2 aromatic heterocycles. The van der Waals surface area contributed by atoms with Gasteiger partial charge in [0, 0.05) is 22.7 Å². The van der Waals surface area contributed by atoms with Crippen LogP contribution in [0.4, 0.5) is 13.2 Å². The third-order valence-corrected chi connectivity index (χ3v) is 8.89. The van der Waals surface area contributed by atoms with Crippen molar-refractivity contribution in [2.75, 3.05) is 13.2 Å². The van der Waals surface area contributed by atoms with E-state index in [4.69, 9.17) is 16.3 Å². The first kappa shape index (κ1) is 33.1. The largest absolute Gasteiger partial charge is 0.477 e. The zero-order valence-corrected chi connectivity index (χ0v) is 26.5. The molecule has 1 aliphatic heterocycles. The van der Waals surface area contributed by atoms with Crippen molar-refractivity contribution in [3.05, 3.63) is 64.9 Å². The molecule has 1 aliphatic carbocycles. The van der Waals surface area contributed by atoms with Crippen molar-refractivity contribution in [3.8, 4) is 11.7 Å². The van der Waals surface area contributed by atoms with Crippen LogP contribution < -0.4 is 14.8 Å². The van der Waals surface area contributed by atoms with Crippen LogP contribution in [0.5, 0.6) is 5.88 Å². The van der Waals surface area contributed by atoms with E-state index in [0.29, 0.717) is 11.4 Å². The summed E-state index contributed by atoms with van der Waals surface area (Å²) in [5, 5.41) is 7.69. The minimum Gasteiger partial charge on any atom is -0.477 e. The van der Waals surface area contributed by atoms with Crippen LogP contribution in [0.15, 0.2) is 53.6 Å². The Balaban J connectivity index is 0.000000359. The van der Waals surface area contributed by atoms with E-state index in [0.717, 1.165) is 16.4 Å². The molecule has 1 unspecified atom stereocenters. The Kier molecular flexibility index (Phi) is 10.7. The zero-order valence-electron chi connectivity index (χ0n) is 24.9. The SMILES string of the molecule is CCCC1CNC(C)(C)C1.Cc1ccc(SNC(=O)c2ccc(-n3ccc(OCCC4(C(F)(F)F)CC4)n3)nc2Cl)cc1. The van der Waals surface area contributed by atoms with Gasteiger partial charge in [-0.05, 0) is 102 Å². The lowest BCUT2D eigenvalue weighted by Crippen LogP contribution is -2.31. The average molecular weight is 638 g/mol. The van der Waals surface area contributed by atoms with Crippen LogP contribution in [0.3, 0.4) is 0 Å². The molecule has 1 saturated carbocycles. The molecule has 5 rings (SSSR count). The Labute approximate surface area is 260 Å². The van der Waals surface area contributed by atoms with Crippen LogP contribution in [-0.2, 0) is 0 Å². The number of hydrogen-bond acceptors (Lipinski definition) is 6. The van der Waals surface area contributed by atoms with Gasteiger partial charge in [-0.1, -0.05) is 42.6 Å². The quantitative estimate of drug-likeness (QED) is 0.173. The van der Waals surface area contributed by atoms with Gasteiger partial charge in [-0.15, -0.1) is 5.10 Å². The predicted molar refractivity (Wildman–Crippen MR) is 164 cm³/mol. The zero-order chi connectivity index (χ0) is 31.3. The van der Waals surface area contributed by atoms with E-state index < -0.39 is 17.5 Å². The van der Waals surface area contributed by atoms with Gasteiger partial charge in [0.1, 0.15) is 5.15 Å². The summed E-state index contributed by atoms with van der Waals surface area (Å²) in [6.45, 7) is 9.99. The summed E-state index contributed by atoms with van der Waals surface area (Å²) in [7, 11) is 0. The molecule has 0 radical (unpaired) electrons. The molecule has 2 fully saturated rings. The highest BCUT2D eigenvalue weighted by Crippen LogP contribution is 2.59. The van der Waals surface area contributed by atoms with Crippen LogP contribution in [0.2, 0.25) is 5.15 Å². The maximum Gasteiger partial charge on any atom is 0.394 e. The predicted octanol–water partition coefficient (Wildman–Crippen LogP) is 7.95. The highest BCUT2D eigenvalue weighted by atomic mass is 35.5. The summed E-state index contributed by atoms with van der Waals surface area (Å²) in [6, 6.07) is 12.3. The highest BCUT2D eigenvalue weighted by molar-refractivity contribution is 7.98. The van der Waals surface area contributed by atoms with E-state index in [-0.39, 0.29) is 42.5 Å². The maximum absolute atomic E-state index is 13.0. The molecular weight excluding hydrogens is 599 g/mol. The second kappa shape index (κ2) is 13.9. The number of rotatable bonds is 10. The monoisotopic (exact) mass is 637 g/mol. The summed E-state index contributed by atoms with van der Waals surface area (Å²) in [4.78, 5) is 17.5. The van der Waals surface area contributed by atoms with Crippen molar-refractivity contribution < 1.29 is 22.7 Å². The lowest BCUT2D eigenvalue weighted by atomic mass is 9.94. The number of benzene rings is 1. The fourth-order valence-electron chi connectivity index (χ4n) is 5.08. The number of ether oxygens (including phenoxy) is 1. The first-order valence-corrected chi connectivity index (χ1v) is 15.7. The van der Waals surface area contributed by atoms with Crippen molar-refractivity contribution in [1.29, 1.82) is 0 Å². The lowest BCUT2D eigenvalue weighted by Gasteiger charge is -2.18. The number of nitrogens with one attached hydrogen (secondary N) is 2. The molecule has 1 amide bonds. The van der Waals surface area contributed by atoms with Crippen LogP contribution >= 0.6 is 23.5 Å². The fourth-order valence-corrected chi connectivity index (χ4v) is 5.90. The van der Waals surface area contributed by atoms with Gasteiger partial charge < -0.3 is 10.1 Å². The normalized spacial score (nSPS) is 18.5. The smallest absolute Gasteiger partial charge is 0.394 e. The standard InChI is InChI=1S/C22H20ClF3N4O2S.C9H19N/c1-14-2-4-15(5-3-14)33-29-20(31)16-6-7-17(27-19(16)23)30-12-8-18(28-30)32-13-11-21(9-10-21)22(24,25)26;1-4-5-8-6-9(2,3)10-7-8/h2-8,12H,9-11,13H2,1H3,(H,29,31);8,10H,4-7H2,1-3H3. The van der Waals surface area contributed by atoms with E-state index in [1.54, 1.807) is 12.3 Å². The number of aromatic nitrogens is 3. The van der Waals surface area contributed by atoms with Crippen LogP contribution in [-0.4, -0.2) is 45.5 Å². The summed E-state index contributed by atoms with van der Waals surface area (Å²) >= 11 is 7.38. The van der Waals surface area contributed by atoms with Gasteiger partial charge in [0.15, 0.2) is 5.82 Å². The van der Waals surface area contributed by atoms with Crippen molar-refractivity contribution in [2.45, 2.75) is 82.8 Å². The van der Waals surface area contributed by atoms with Gasteiger partial charge in [-0.25, -0.2) is 9.67 Å². The van der Waals surface area contributed by atoms with E-state index in [2.05, 4.69) is 40.9 Å². The van der Waals surface area contributed by atoms with Gasteiger partial charge in [-0.3, -0.25) is 9.52 Å². The number of hydrogen-bond donors (Lipinski definition) is 2. The number of alkyl halides is 3. The Morgan fingerprint density at radius 1 is 1.19 bits per heavy atom. The van der Waals surface area contributed by atoms with E-state index in [1.807, 2.05) is 31.2 Å². The molecule has 1 saturated heterocycles. The second-order valence-corrected chi connectivity index (χ2v) is 13.2. The highest BCUT2D eigenvalue weighted by Gasteiger charge is 2.62. The molecule has 2 aliphatic rings. The Bertz CT molecular complexity index is 1380. The number of nitrogens with zero attached hydrogens (tertiary/aromatic N) is 3. The number of amides is 1. The van der Waals surface area contributed by atoms with E-state index in [1.165, 1.54) is 54.6 Å². The third-order valence-electron chi connectivity index (χ3n) is 7.81. The van der Waals surface area contributed by atoms with Crippen molar-refractivity contribution in [1.82, 2.24) is 24.8 Å². The van der Waals surface area contributed by atoms with Crippen molar-refractivity contribution in [3.63, 3.8) is 0 Å². The topological polar surface area (TPSA) is 81.1 Å². The molecule has 0 spiro atoms. The molecule has 7 nitrogen and oxygen atoms in total. The molecule has 234 valence electrons. The summed E-state index contributed by atoms with van der Waals surface area (Å²) in [5.74, 6) is 1.07. The first-order valence-electron chi connectivity index (χ1n) is 14.5. The maximum atomic E-state index is 13.0. The molecule has 2 N–H and O–H groups in total. The van der Waals surface area contributed by atoms with Crippen LogP contribution in [0.1, 0.15) is 75.2 Å². The number of aryl methyl sites for hydroxylation is 1. The Morgan fingerprint density at radius 2 is 1.91 bits per heavy atom. The van der Waals surface area contributed by atoms with Gasteiger partial charge in [-0.2, -0.15) is 13.2 Å². The second-order valence-electron chi connectivity index (χ2n) is 12.0. The van der Waals surface area contributed by atoms with Gasteiger partial charge in [0.25, 0.3) is 5.91 Å². The molecule has 1 atom stereocenters. The van der Waals surface area contributed by atoms with E-state index in [9.17, 15) is 18.0 Å². The fraction of sp³-hybridized carbons (Fsp3) is 0.516. The number of carbonyl (C=O) groups is 1. The van der Waals surface area contributed by atoms with Crippen molar-refractivity contribution in [2.24, 2.45) is 11.3 Å². The molecule has 43 heavy (non-hydrogen) atoms. The van der Waals surface area contributed by atoms with Gasteiger partial charge in [0.05, 0.1) is 17.6 Å². The summed E-state index contributed by atoms with van der Waals surface area (Å²) in [6.07, 6.45) is 1.62. The van der Waals surface area contributed by atoms with Crippen LogP contribution in [0, 0.1) is 18.3 Å². The molecule has 1 aromatic carbocycles. The van der Waals surface area contributed by atoms with E-state index >= 15 is 0 Å². The molecule has 3 aromatic rings. The molecule has 12 heteroatoms. The summed E-state index contributed by atoms with van der Waals surface area (Å²) in [5.41, 5.74) is 0.123. The third kappa shape index (κ3) is 9.12. The number of halogens is 4. The number of carbonyl (C=O) groups excluding carboxylic acids is 1. The Morgan fingerprint density at radius 3 is 2.49 bits per heavy atom. The molecule has 3 heterocycles. The minimum atomic E-state index is -4.21. The van der Waals surface area contributed by atoms with Gasteiger partial charge >= 0.3 is 6.18 Å². The number of pyridine rings is 1. The van der Waals surface area contributed by atoms with Crippen molar-refractivity contribution >= 4 is 29.5 Å². The summed E-state index contributed by atoms with van der Waals surface area (Å²) < 4.78 is 48.5. The van der Waals surface area contributed by atoms with Crippen LogP contribution in [0.25, 0.3) is 5.82 Å². The van der Waals surface area contributed by atoms with Gasteiger partial charge in [0.2, 0.25) is 5.88 Å². The first-order chi connectivity index (χ1) is 20.3. The lowest BCUT2D eigenvalue weighted by molar-refractivity contribution is -0.190. The molecule has 0 bridgehead atoms. The average Bonchev–Trinajstić information content (AvgIpc) is 3.47. The molecular formula is C31H39ClF3N5O2S. The minimum absolute atomic E-state index is 0.00618. The Hall–Kier alpha value is -2.76.